The number of morpholine rings is 1. The Morgan fingerprint density at radius 1 is 1.45 bits per heavy atom. The van der Waals surface area contributed by atoms with E-state index in [0.29, 0.717) is 18.1 Å². The second kappa shape index (κ2) is 7.04. The fourth-order valence-electron chi connectivity index (χ4n) is 2.57. The molecule has 0 bridgehead atoms. The molecular formula is C14H18ClN3O4. The van der Waals surface area contributed by atoms with Crippen LogP contribution in [0.3, 0.4) is 0 Å². The molecule has 1 N–H and O–H groups in total. The topological polar surface area (TPSA) is 84.7 Å². The molecule has 1 heterocycles. The van der Waals surface area contributed by atoms with Crippen molar-refractivity contribution in [2.45, 2.75) is 26.1 Å². The highest BCUT2D eigenvalue weighted by Crippen LogP contribution is 2.27. The van der Waals surface area contributed by atoms with E-state index < -0.39 is 4.92 Å². The molecule has 2 atom stereocenters. The van der Waals surface area contributed by atoms with Gasteiger partial charge in [-0.3, -0.25) is 19.8 Å². The zero-order valence-electron chi connectivity index (χ0n) is 12.4. The van der Waals surface area contributed by atoms with Crippen LogP contribution in [0, 0.1) is 10.1 Å². The molecule has 1 saturated heterocycles. The molecule has 1 amide bonds. The van der Waals surface area contributed by atoms with Crippen LogP contribution in [-0.2, 0) is 9.53 Å². The number of nitrogens with one attached hydrogen (secondary N) is 1. The summed E-state index contributed by atoms with van der Waals surface area (Å²) in [5, 5.41) is 13.9. The monoisotopic (exact) mass is 327 g/mol. The molecule has 2 rings (SSSR count). The average molecular weight is 328 g/mol. The third-order valence-electron chi connectivity index (χ3n) is 3.29. The van der Waals surface area contributed by atoms with E-state index in [2.05, 4.69) is 5.32 Å². The number of nitro benzene ring substituents is 1. The molecule has 8 heteroatoms. The van der Waals surface area contributed by atoms with Crippen LogP contribution in [0.2, 0.25) is 5.02 Å². The maximum absolute atomic E-state index is 12.1. The van der Waals surface area contributed by atoms with Crippen molar-refractivity contribution >= 4 is 28.9 Å². The first-order chi connectivity index (χ1) is 10.3. The van der Waals surface area contributed by atoms with Crippen molar-refractivity contribution in [1.82, 2.24) is 4.90 Å². The molecule has 1 aliphatic rings. The first-order valence-electron chi connectivity index (χ1n) is 6.96. The lowest BCUT2D eigenvalue weighted by Crippen LogP contribution is -2.48. The predicted octanol–water partition coefficient (Wildman–Crippen LogP) is 2.30. The van der Waals surface area contributed by atoms with Crippen LogP contribution < -0.4 is 5.32 Å². The van der Waals surface area contributed by atoms with E-state index in [1.54, 1.807) is 0 Å². The summed E-state index contributed by atoms with van der Waals surface area (Å²) in [7, 11) is 0. The molecule has 22 heavy (non-hydrogen) atoms. The van der Waals surface area contributed by atoms with E-state index in [4.69, 9.17) is 16.3 Å². The van der Waals surface area contributed by atoms with E-state index in [-0.39, 0.29) is 36.0 Å². The molecule has 7 nitrogen and oxygen atoms in total. The van der Waals surface area contributed by atoms with E-state index in [1.807, 2.05) is 18.7 Å². The van der Waals surface area contributed by atoms with Gasteiger partial charge in [0.25, 0.3) is 5.69 Å². The Morgan fingerprint density at radius 3 is 2.68 bits per heavy atom. The van der Waals surface area contributed by atoms with Gasteiger partial charge in [-0.25, -0.2) is 0 Å². The summed E-state index contributed by atoms with van der Waals surface area (Å²) >= 11 is 5.83. The third kappa shape index (κ3) is 4.40. The molecular weight excluding hydrogens is 310 g/mol. The standard InChI is InChI=1S/C14H18ClN3O4/c1-9-6-17(7-10(2)22-9)8-14(19)16-12-5-11(15)3-4-13(12)18(20)21/h3-5,9-10H,6-8H2,1-2H3,(H,16,19)/t9-,10-/m0/s1. The van der Waals surface area contributed by atoms with E-state index in [1.165, 1.54) is 18.2 Å². The number of halogens is 1. The quantitative estimate of drug-likeness (QED) is 0.677. The molecule has 0 saturated carbocycles. The number of carbonyl (C=O) groups excluding carboxylic acids is 1. The Bertz CT molecular complexity index is 571. The maximum Gasteiger partial charge on any atom is 0.292 e. The molecule has 0 unspecified atom stereocenters. The number of hydrogen-bond acceptors (Lipinski definition) is 5. The highest BCUT2D eigenvalue weighted by molar-refractivity contribution is 6.31. The van der Waals surface area contributed by atoms with Crippen molar-refractivity contribution in [3.8, 4) is 0 Å². The number of carbonyl (C=O) groups is 1. The van der Waals surface area contributed by atoms with Gasteiger partial charge >= 0.3 is 0 Å². The third-order valence-corrected chi connectivity index (χ3v) is 3.53. The summed E-state index contributed by atoms with van der Waals surface area (Å²) in [5.74, 6) is -0.313. The number of amides is 1. The van der Waals surface area contributed by atoms with Gasteiger partial charge in [-0.15, -0.1) is 0 Å². The summed E-state index contributed by atoms with van der Waals surface area (Å²) in [6.45, 7) is 5.34. The molecule has 0 aliphatic carbocycles. The minimum atomic E-state index is -0.551. The van der Waals surface area contributed by atoms with E-state index in [0.717, 1.165) is 0 Å². The molecule has 120 valence electrons. The van der Waals surface area contributed by atoms with Crippen molar-refractivity contribution in [3.05, 3.63) is 33.3 Å². The molecule has 1 fully saturated rings. The van der Waals surface area contributed by atoms with Gasteiger partial charge < -0.3 is 10.1 Å². The van der Waals surface area contributed by atoms with E-state index in [9.17, 15) is 14.9 Å². The molecule has 0 radical (unpaired) electrons. The summed E-state index contributed by atoms with van der Waals surface area (Å²) in [5.41, 5.74) is -0.0710. The zero-order valence-corrected chi connectivity index (χ0v) is 13.2. The Hall–Kier alpha value is -1.70. The second-order valence-electron chi connectivity index (χ2n) is 5.42. The van der Waals surface area contributed by atoms with Crippen molar-refractivity contribution in [3.63, 3.8) is 0 Å². The van der Waals surface area contributed by atoms with Crippen LogP contribution in [0.4, 0.5) is 11.4 Å². The van der Waals surface area contributed by atoms with Crippen LogP contribution in [0.5, 0.6) is 0 Å². The first-order valence-corrected chi connectivity index (χ1v) is 7.34. The normalized spacial score (nSPS) is 22.3. The molecule has 0 aromatic heterocycles. The Morgan fingerprint density at radius 2 is 2.09 bits per heavy atom. The predicted molar refractivity (Wildman–Crippen MR) is 83.2 cm³/mol. The second-order valence-corrected chi connectivity index (χ2v) is 5.85. The van der Waals surface area contributed by atoms with Crippen molar-refractivity contribution in [2.75, 3.05) is 25.0 Å². The van der Waals surface area contributed by atoms with Crippen LogP contribution in [0.25, 0.3) is 0 Å². The van der Waals surface area contributed by atoms with Gasteiger partial charge in [0.15, 0.2) is 0 Å². The summed E-state index contributed by atoms with van der Waals surface area (Å²) in [4.78, 5) is 24.5. The number of nitro groups is 1. The van der Waals surface area contributed by atoms with Gasteiger partial charge in [0.05, 0.1) is 23.7 Å². The number of benzene rings is 1. The van der Waals surface area contributed by atoms with E-state index >= 15 is 0 Å². The van der Waals surface area contributed by atoms with Gasteiger partial charge in [-0.1, -0.05) is 11.6 Å². The zero-order chi connectivity index (χ0) is 16.3. The first kappa shape index (κ1) is 16.7. The Balaban J connectivity index is 2.03. The van der Waals surface area contributed by atoms with Crippen LogP contribution >= 0.6 is 11.6 Å². The fraction of sp³-hybridized carbons (Fsp3) is 0.500. The minimum Gasteiger partial charge on any atom is -0.373 e. The number of hydrogen-bond donors (Lipinski definition) is 1. The van der Waals surface area contributed by atoms with Gasteiger partial charge in [0.1, 0.15) is 5.69 Å². The number of nitrogens with zero attached hydrogens (tertiary/aromatic N) is 2. The lowest BCUT2D eigenvalue weighted by atomic mass is 10.2. The molecule has 1 aliphatic heterocycles. The van der Waals surface area contributed by atoms with Gasteiger partial charge in [0.2, 0.25) is 5.91 Å². The summed E-state index contributed by atoms with van der Waals surface area (Å²) in [6.07, 6.45) is 0.106. The Labute approximate surface area is 133 Å². The van der Waals surface area contributed by atoms with Crippen LogP contribution in [0.1, 0.15) is 13.8 Å². The summed E-state index contributed by atoms with van der Waals surface area (Å²) < 4.78 is 5.60. The highest BCUT2D eigenvalue weighted by Gasteiger charge is 2.24. The molecule has 0 spiro atoms. The SMILES string of the molecule is C[C@H]1CN(CC(=O)Nc2cc(Cl)ccc2[N+](=O)[O-])C[C@H](C)O1. The lowest BCUT2D eigenvalue weighted by molar-refractivity contribution is -0.383. The number of rotatable bonds is 4. The average Bonchev–Trinajstić information content (AvgIpc) is 2.36. The summed E-state index contributed by atoms with van der Waals surface area (Å²) in [6, 6.07) is 4.07. The Kier molecular flexibility index (Phi) is 5.33. The van der Waals surface area contributed by atoms with Crippen molar-refractivity contribution < 1.29 is 14.5 Å². The number of anilines is 1. The molecule has 1 aromatic carbocycles. The fourth-order valence-corrected chi connectivity index (χ4v) is 2.75. The minimum absolute atomic E-state index is 0.0528. The highest BCUT2D eigenvalue weighted by atomic mass is 35.5. The smallest absolute Gasteiger partial charge is 0.292 e. The van der Waals surface area contributed by atoms with Gasteiger partial charge in [-0.2, -0.15) is 0 Å². The lowest BCUT2D eigenvalue weighted by Gasteiger charge is -2.34. The van der Waals surface area contributed by atoms with Crippen molar-refractivity contribution in [1.29, 1.82) is 0 Å². The largest absolute Gasteiger partial charge is 0.373 e. The molecule has 1 aromatic rings. The maximum atomic E-state index is 12.1. The van der Waals surface area contributed by atoms with Crippen molar-refractivity contribution in [2.24, 2.45) is 0 Å². The number of ether oxygens (including phenoxy) is 1. The van der Waals surface area contributed by atoms with Gasteiger partial charge in [0, 0.05) is 24.2 Å². The van der Waals surface area contributed by atoms with Gasteiger partial charge in [-0.05, 0) is 26.0 Å². The van der Waals surface area contributed by atoms with Crippen LogP contribution in [0.15, 0.2) is 18.2 Å². The van der Waals surface area contributed by atoms with Crippen LogP contribution in [-0.4, -0.2) is 47.6 Å².